The molecule has 7 nitrogen and oxygen atoms in total. The fraction of sp³-hybridized carbons (Fsp3) is 0.286. The zero-order valence-electron chi connectivity index (χ0n) is 12.7. The number of rotatable bonds is 5. The molecule has 0 saturated heterocycles. The highest BCUT2D eigenvalue weighted by atomic mass is 35.5. The van der Waals surface area contributed by atoms with Crippen molar-refractivity contribution in [2.75, 3.05) is 4.72 Å². The SMILES string of the molecule is Cc1c(Cl)cc(S(=O)(=O)Nc2ccn(C(C)C)n2)cc1C(=O)O. The van der Waals surface area contributed by atoms with E-state index in [2.05, 4.69) is 9.82 Å². The molecule has 9 heteroatoms. The first-order valence-electron chi connectivity index (χ1n) is 6.73. The summed E-state index contributed by atoms with van der Waals surface area (Å²) in [6.45, 7) is 5.33. The first-order chi connectivity index (χ1) is 10.6. The maximum Gasteiger partial charge on any atom is 0.336 e. The van der Waals surface area contributed by atoms with Crippen molar-refractivity contribution < 1.29 is 18.3 Å². The van der Waals surface area contributed by atoms with Crippen LogP contribution in [-0.4, -0.2) is 29.3 Å². The van der Waals surface area contributed by atoms with Crippen molar-refractivity contribution in [2.24, 2.45) is 0 Å². The molecule has 0 atom stereocenters. The zero-order valence-corrected chi connectivity index (χ0v) is 14.3. The molecule has 2 aromatic rings. The molecule has 2 N–H and O–H groups in total. The van der Waals surface area contributed by atoms with Gasteiger partial charge in [-0.05, 0) is 38.5 Å². The van der Waals surface area contributed by atoms with Crippen LogP contribution in [0.3, 0.4) is 0 Å². The number of carbonyl (C=O) groups is 1. The van der Waals surface area contributed by atoms with Gasteiger partial charge in [-0.25, -0.2) is 13.2 Å². The van der Waals surface area contributed by atoms with Crippen LogP contribution < -0.4 is 4.72 Å². The summed E-state index contributed by atoms with van der Waals surface area (Å²) in [6, 6.07) is 3.89. The summed E-state index contributed by atoms with van der Waals surface area (Å²) in [5, 5.41) is 13.3. The van der Waals surface area contributed by atoms with Gasteiger partial charge in [-0.15, -0.1) is 0 Å². The van der Waals surface area contributed by atoms with Gasteiger partial charge in [-0.1, -0.05) is 11.6 Å². The van der Waals surface area contributed by atoms with Crippen molar-refractivity contribution in [3.8, 4) is 0 Å². The van der Waals surface area contributed by atoms with Crippen molar-refractivity contribution in [3.63, 3.8) is 0 Å². The molecule has 1 aromatic heterocycles. The lowest BCUT2D eigenvalue weighted by atomic mass is 10.1. The summed E-state index contributed by atoms with van der Waals surface area (Å²) in [6.07, 6.45) is 1.65. The van der Waals surface area contributed by atoms with Gasteiger partial charge in [0.25, 0.3) is 10.0 Å². The van der Waals surface area contributed by atoms with Gasteiger partial charge in [0, 0.05) is 23.3 Å². The highest BCUT2D eigenvalue weighted by molar-refractivity contribution is 7.92. The van der Waals surface area contributed by atoms with Gasteiger partial charge in [-0.2, -0.15) is 5.10 Å². The Morgan fingerprint density at radius 3 is 2.57 bits per heavy atom. The fourth-order valence-corrected chi connectivity index (χ4v) is 3.24. The van der Waals surface area contributed by atoms with Crippen LogP contribution in [0.25, 0.3) is 0 Å². The molecule has 0 radical (unpaired) electrons. The predicted octanol–water partition coefficient (Wildman–Crippen LogP) is 2.92. The first-order valence-corrected chi connectivity index (χ1v) is 8.59. The summed E-state index contributed by atoms with van der Waals surface area (Å²) in [7, 11) is -3.99. The summed E-state index contributed by atoms with van der Waals surface area (Å²) in [5.41, 5.74) is 0.146. The second kappa shape index (κ2) is 6.21. The van der Waals surface area contributed by atoms with Crippen LogP contribution in [0.4, 0.5) is 5.82 Å². The number of benzene rings is 1. The third-order valence-electron chi connectivity index (χ3n) is 3.23. The standard InChI is InChI=1S/C14H16ClN3O4S/c1-8(2)18-5-4-13(16-18)17-23(21,22)10-6-11(14(19)20)9(3)12(15)7-10/h4-8H,1-3H3,(H,16,17)(H,19,20). The largest absolute Gasteiger partial charge is 0.478 e. The van der Waals surface area contributed by atoms with Crippen LogP contribution in [0, 0.1) is 6.92 Å². The number of halogens is 1. The molecule has 23 heavy (non-hydrogen) atoms. The average Bonchev–Trinajstić information content (AvgIpc) is 2.89. The number of anilines is 1. The lowest BCUT2D eigenvalue weighted by molar-refractivity contribution is 0.0696. The van der Waals surface area contributed by atoms with Crippen molar-refractivity contribution in [1.29, 1.82) is 0 Å². The molecule has 1 heterocycles. The molecule has 0 spiro atoms. The third-order valence-corrected chi connectivity index (χ3v) is 4.96. The summed E-state index contributed by atoms with van der Waals surface area (Å²) in [4.78, 5) is 11.0. The van der Waals surface area contributed by atoms with Crippen LogP contribution in [-0.2, 0) is 10.0 Å². The Morgan fingerprint density at radius 1 is 1.39 bits per heavy atom. The van der Waals surface area contributed by atoms with Gasteiger partial charge in [0.15, 0.2) is 5.82 Å². The first kappa shape index (κ1) is 17.3. The minimum atomic E-state index is -3.99. The second-order valence-electron chi connectivity index (χ2n) is 5.26. The van der Waals surface area contributed by atoms with Crippen LogP contribution in [0.2, 0.25) is 5.02 Å². The number of sulfonamides is 1. The highest BCUT2D eigenvalue weighted by Gasteiger charge is 2.21. The molecule has 0 amide bonds. The number of nitrogens with zero attached hydrogens (tertiary/aromatic N) is 2. The summed E-state index contributed by atoms with van der Waals surface area (Å²) >= 11 is 5.94. The Labute approximate surface area is 138 Å². The monoisotopic (exact) mass is 357 g/mol. The molecule has 1 aromatic carbocycles. The Morgan fingerprint density at radius 2 is 2.04 bits per heavy atom. The summed E-state index contributed by atoms with van der Waals surface area (Å²) < 4.78 is 28.7. The van der Waals surface area contributed by atoms with Crippen LogP contribution in [0.1, 0.15) is 35.8 Å². The fourth-order valence-electron chi connectivity index (χ4n) is 1.91. The molecule has 0 unspecified atom stereocenters. The van der Waals surface area contributed by atoms with Crippen LogP contribution in [0.5, 0.6) is 0 Å². The molecule has 0 aliphatic heterocycles. The predicted molar refractivity (Wildman–Crippen MR) is 86.6 cm³/mol. The van der Waals surface area contributed by atoms with E-state index < -0.39 is 16.0 Å². The van der Waals surface area contributed by atoms with E-state index in [1.807, 2.05) is 13.8 Å². The zero-order chi connectivity index (χ0) is 17.4. The molecular formula is C14H16ClN3O4S. The number of hydrogen-bond donors (Lipinski definition) is 2. The third kappa shape index (κ3) is 3.65. The number of carboxylic acid groups (broad SMARTS) is 1. The van der Waals surface area contributed by atoms with E-state index in [1.165, 1.54) is 19.1 Å². The van der Waals surface area contributed by atoms with E-state index >= 15 is 0 Å². The molecule has 0 fully saturated rings. The van der Waals surface area contributed by atoms with E-state index in [9.17, 15) is 13.2 Å². The van der Waals surface area contributed by atoms with E-state index in [0.29, 0.717) is 5.56 Å². The number of hydrogen-bond acceptors (Lipinski definition) is 4. The number of aromatic carboxylic acids is 1. The van der Waals surface area contributed by atoms with Crippen molar-refractivity contribution in [2.45, 2.75) is 31.7 Å². The smallest absolute Gasteiger partial charge is 0.336 e. The Bertz CT molecular complexity index is 859. The van der Waals surface area contributed by atoms with Gasteiger partial charge >= 0.3 is 5.97 Å². The van der Waals surface area contributed by atoms with Crippen LogP contribution >= 0.6 is 11.6 Å². The second-order valence-corrected chi connectivity index (χ2v) is 7.35. The quantitative estimate of drug-likeness (QED) is 0.856. The minimum Gasteiger partial charge on any atom is -0.478 e. The molecule has 0 saturated carbocycles. The Hall–Kier alpha value is -2.06. The molecule has 0 aliphatic rings. The molecular weight excluding hydrogens is 342 g/mol. The molecule has 0 aliphatic carbocycles. The average molecular weight is 358 g/mol. The van der Waals surface area contributed by atoms with Crippen LogP contribution in [0.15, 0.2) is 29.3 Å². The lowest BCUT2D eigenvalue weighted by Crippen LogP contribution is -2.15. The van der Waals surface area contributed by atoms with E-state index in [0.717, 1.165) is 6.07 Å². The number of carboxylic acids is 1. The van der Waals surface area contributed by atoms with Crippen molar-refractivity contribution in [1.82, 2.24) is 9.78 Å². The minimum absolute atomic E-state index is 0.0676. The number of nitrogens with one attached hydrogen (secondary N) is 1. The maximum absolute atomic E-state index is 12.4. The van der Waals surface area contributed by atoms with Gasteiger partial charge in [0.1, 0.15) is 0 Å². The summed E-state index contributed by atoms with van der Waals surface area (Å²) in [5.74, 6) is -1.10. The van der Waals surface area contributed by atoms with E-state index in [-0.39, 0.29) is 27.3 Å². The molecule has 124 valence electrons. The van der Waals surface area contributed by atoms with E-state index in [4.69, 9.17) is 16.7 Å². The van der Waals surface area contributed by atoms with Gasteiger partial charge in [0.2, 0.25) is 0 Å². The maximum atomic E-state index is 12.4. The van der Waals surface area contributed by atoms with Gasteiger partial charge in [0.05, 0.1) is 10.5 Å². The topological polar surface area (TPSA) is 101 Å². The van der Waals surface area contributed by atoms with Crippen molar-refractivity contribution >= 4 is 33.4 Å². The number of aromatic nitrogens is 2. The van der Waals surface area contributed by atoms with Crippen molar-refractivity contribution in [3.05, 3.63) is 40.5 Å². The Kier molecular flexibility index (Phi) is 4.67. The normalized spacial score (nSPS) is 11.7. The van der Waals surface area contributed by atoms with Gasteiger partial charge < -0.3 is 5.11 Å². The van der Waals surface area contributed by atoms with Gasteiger partial charge in [-0.3, -0.25) is 9.40 Å². The van der Waals surface area contributed by atoms with E-state index in [1.54, 1.807) is 10.9 Å². The molecule has 0 bridgehead atoms. The Balaban J connectivity index is 2.41. The molecule has 2 rings (SSSR count). The lowest BCUT2D eigenvalue weighted by Gasteiger charge is -2.10. The highest BCUT2D eigenvalue weighted by Crippen LogP contribution is 2.25.